The number of nitrogens with zero attached hydrogens (tertiary/aromatic N) is 4. The van der Waals surface area contributed by atoms with Crippen molar-refractivity contribution in [2.45, 2.75) is 38.1 Å². The molecule has 31 heavy (non-hydrogen) atoms. The van der Waals surface area contributed by atoms with E-state index < -0.39 is 6.23 Å². The zero-order valence-electron chi connectivity index (χ0n) is 17.7. The molecule has 0 saturated heterocycles. The summed E-state index contributed by atoms with van der Waals surface area (Å²) in [5.41, 5.74) is 2.84. The second-order valence-electron chi connectivity index (χ2n) is 6.96. The Labute approximate surface area is 185 Å². The molecule has 4 rings (SSSR count). The van der Waals surface area contributed by atoms with Gasteiger partial charge < -0.3 is 9.47 Å². The zero-order chi connectivity index (χ0) is 21.8. The SMILES string of the molecule is CCCC(=O)N1c2ccccc2-c2nnc(SCC)nc2O[C@@H]1c1ccc(OC)cc1. The Morgan fingerprint density at radius 2 is 1.90 bits per heavy atom. The number of benzene rings is 2. The number of hydrogen-bond donors (Lipinski definition) is 0. The van der Waals surface area contributed by atoms with E-state index in [0.29, 0.717) is 23.2 Å². The van der Waals surface area contributed by atoms with Crippen molar-refractivity contribution in [2.24, 2.45) is 0 Å². The number of thioether (sulfide) groups is 1. The minimum Gasteiger partial charge on any atom is -0.497 e. The van der Waals surface area contributed by atoms with Gasteiger partial charge in [0.25, 0.3) is 0 Å². The van der Waals surface area contributed by atoms with E-state index in [2.05, 4.69) is 15.2 Å². The van der Waals surface area contributed by atoms with Gasteiger partial charge in [-0.15, -0.1) is 10.2 Å². The van der Waals surface area contributed by atoms with Crippen molar-refractivity contribution in [3.8, 4) is 22.9 Å². The third kappa shape index (κ3) is 4.20. The number of rotatable bonds is 6. The number of carbonyl (C=O) groups excluding carboxylic acids is 1. The highest BCUT2D eigenvalue weighted by atomic mass is 32.2. The fraction of sp³-hybridized carbons (Fsp3) is 0.304. The molecule has 3 aromatic rings. The van der Waals surface area contributed by atoms with Crippen molar-refractivity contribution in [1.82, 2.24) is 15.2 Å². The highest BCUT2D eigenvalue weighted by Gasteiger charge is 2.35. The molecule has 2 aromatic carbocycles. The Morgan fingerprint density at radius 1 is 1.13 bits per heavy atom. The highest BCUT2D eigenvalue weighted by molar-refractivity contribution is 7.99. The van der Waals surface area contributed by atoms with Crippen LogP contribution in [-0.4, -0.2) is 34.0 Å². The quantitative estimate of drug-likeness (QED) is 0.510. The van der Waals surface area contributed by atoms with Crippen molar-refractivity contribution in [3.63, 3.8) is 0 Å². The van der Waals surface area contributed by atoms with Crippen LogP contribution in [0, 0.1) is 0 Å². The molecule has 0 saturated carbocycles. The first-order chi connectivity index (χ1) is 15.2. The first kappa shape index (κ1) is 21.1. The van der Waals surface area contributed by atoms with Crippen LogP contribution in [0.5, 0.6) is 11.6 Å². The summed E-state index contributed by atoms with van der Waals surface area (Å²) >= 11 is 1.49. The van der Waals surface area contributed by atoms with Crippen LogP contribution in [0.1, 0.15) is 38.5 Å². The maximum absolute atomic E-state index is 13.3. The highest BCUT2D eigenvalue weighted by Crippen LogP contribution is 2.43. The molecule has 0 fully saturated rings. The summed E-state index contributed by atoms with van der Waals surface area (Å²) in [6, 6.07) is 15.2. The van der Waals surface area contributed by atoms with E-state index >= 15 is 0 Å². The smallest absolute Gasteiger partial charge is 0.247 e. The molecule has 0 spiro atoms. The minimum absolute atomic E-state index is 0.0281. The van der Waals surface area contributed by atoms with Crippen molar-refractivity contribution in [2.75, 3.05) is 17.8 Å². The molecular weight excluding hydrogens is 412 g/mol. The average molecular weight is 437 g/mol. The molecule has 0 N–H and O–H groups in total. The van der Waals surface area contributed by atoms with Gasteiger partial charge in [0.2, 0.25) is 23.2 Å². The summed E-state index contributed by atoms with van der Waals surface area (Å²) in [4.78, 5) is 19.6. The first-order valence-corrected chi connectivity index (χ1v) is 11.2. The van der Waals surface area contributed by atoms with Gasteiger partial charge in [0.1, 0.15) is 5.75 Å². The number of hydrogen-bond acceptors (Lipinski definition) is 7. The van der Waals surface area contributed by atoms with E-state index in [-0.39, 0.29) is 5.91 Å². The number of aromatic nitrogens is 3. The van der Waals surface area contributed by atoms with Gasteiger partial charge in [0.15, 0.2) is 5.69 Å². The summed E-state index contributed by atoms with van der Waals surface area (Å²) in [5, 5.41) is 9.21. The third-order valence-electron chi connectivity index (χ3n) is 4.92. The Bertz CT molecular complexity index is 1070. The number of methoxy groups -OCH3 is 1. The molecule has 0 radical (unpaired) electrons. The van der Waals surface area contributed by atoms with Gasteiger partial charge in [-0.05, 0) is 42.5 Å². The van der Waals surface area contributed by atoms with Crippen LogP contribution in [0.3, 0.4) is 0 Å². The maximum Gasteiger partial charge on any atom is 0.247 e. The summed E-state index contributed by atoms with van der Waals surface area (Å²) < 4.78 is 11.7. The van der Waals surface area contributed by atoms with Gasteiger partial charge in [0, 0.05) is 17.5 Å². The van der Waals surface area contributed by atoms with Gasteiger partial charge in [-0.1, -0.05) is 43.8 Å². The van der Waals surface area contributed by atoms with Crippen LogP contribution >= 0.6 is 11.8 Å². The lowest BCUT2D eigenvalue weighted by Gasteiger charge is -2.31. The lowest BCUT2D eigenvalue weighted by molar-refractivity contribution is -0.120. The number of anilines is 1. The fourth-order valence-electron chi connectivity index (χ4n) is 3.49. The number of carbonyl (C=O) groups is 1. The van der Waals surface area contributed by atoms with E-state index in [4.69, 9.17) is 9.47 Å². The largest absolute Gasteiger partial charge is 0.497 e. The second-order valence-corrected chi connectivity index (χ2v) is 8.19. The van der Waals surface area contributed by atoms with E-state index in [1.165, 1.54) is 11.8 Å². The minimum atomic E-state index is -0.691. The number of para-hydroxylation sites is 1. The van der Waals surface area contributed by atoms with Gasteiger partial charge in [0.05, 0.1) is 12.8 Å². The average Bonchev–Trinajstić information content (AvgIpc) is 2.94. The molecule has 0 bridgehead atoms. The zero-order valence-corrected chi connectivity index (χ0v) is 18.6. The van der Waals surface area contributed by atoms with Gasteiger partial charge in [-0.25, -0.2) is 0 Å². The van der Waals surface area contributed by atoms with Crippen molar-refractivity contribution < 1.29 is 14.3 Å². The summed E-state index contributed by atoms with van der Waals surface area (Å²) in [7, 11) is 1.62. The molecule has 1 aromatic heterocycles. The van der Waals surface area contributed by atoms with Crippen LogP contribution in [0.25, 0.3) is 11.3 Å². The van der Waals surface area contributed by atoms with Gasteiger partial charge in [-0.3, -0.25) is 9.69 Å². The molecule has 1 aliphatic rings. The number of amides is 1. The van der Waals surface area contributed by atoms with Crippen molar-refractivity contribution in [3.05, 3.63) is 54.1 Å². The molecular formula is C23H24N4O3S. The lowest BCUT2D eigenvalue weighted by atomic mass is 10.1. The molecule has 0 aliphatic carbocycles. The lowest BCUT2D eigenvalue weighted by Crippen LogP contribution is -2.37. The normalized spacial score (nSPS) is 14.8. The Kier molecular flexibility index (Phi) is 6.36. The van der Waals surface area contributed by atoms with Crippen LogP contribution in [0.15, 0.2) is 53.7 Å². The molecule has 8 heteroatoms. The van der Waals surface area contributed by atoms with Crippen LogP contribution < -0.4 is 14.4 Å². The molecule has 1 amide bonds. The predicted octanol–water partition coefficient (Wildman–Crippen LogP) is 4.88. The molecule has 1 atom stereocenters. The van der Waals surface area contributed by atoms with Crippen LogP contribution in [0.4, 0.5) is 5.69 Å². The predicted molar refractivity (Wildman–Crippen MR) is 120 cm³/mol. The van der Waals surface area contributed by atoms with E-state index in [0.717, 1.165) is 34.7 Å². The van der Waals surface area contributed by atoms with Crippen molar-refractivity contribution >= 4 is 23.4 Å². The Morgan fingerprint density at radius 3 is 2.61 bits per heavy atom. The number of ether oxygens (including phenoxy) is 2. The van der Waals surface area contributed by atoms with Crippen LogP contribution in [0.2, 0.25) is 0 Å². The topological polar surface area (TPSA) is 77.4 Å². The fourth-order valence-corrected chi connectivity index (χ4v) is 4.00. The molecule has 1 aliphatic heterocycles. The summed E-state index contributed by atoms with van der Waals surface area (Å²) in [6.07, 6.45) is 0.440. The standard InChI is InChI=1S/C23H24N4O3S/c1-4-8-19(28)27-18-10-7-6-9-17(18)20-21(24-23(26-25-20)31-5-2)30-22(27)15-11-13-16(29-3)14-12-15/h6-7,9-14,22H,4-5,8H2,1-3H3/t22-/m1/s1. The Balaban J connectivity index is 1.91. The molecule has 160 valence electrons. The Hall–Kier alpha value is -3.13. The van der Waals surface area contributed by atoms with E-state index in [1.807, 2.05) is 62.4 Å². The van der Waals surface area contributed by atoms with Gasteiger partial charge in [-0.2, -0.15) is 4.98 Å². The molecule has 7 nitrogen and oxygen atoms in total. The summed E-state index contributed by atoms with van der Waals surface area (Å²) in [5.74, 6) is 1.89. The molecule has 0 unspecified atom stereocenters. The monoisotopic (exact) mass is 436 g/mol. The molecule has 2 heterocycles. The van der Waals surface area contributed by atoms with Gasteiger partial charge >= 0.3 is 0 Å². The number of fused-ring (bicyclic) bond motifs is 3. The second kappa shape index (κ2) is 9.34. The summed E-state index contributed by atoms with van der Waals surface area (Å²) in [6.45, 7) is 4.02. The van der Waals surface area contributed by atoms with Crippen molar-refractivity contribution in [1.29, 1.82) is 0 Å². The third-order valence-corrected chi connectivity index (χ3v) is 5.64. The van der Waals surface area contributed by atoms with E-state index in [9.17, 15) is 4.79 Å². The maximum atomic E-state index is 13.3. The first-order valence-electron chi connectivity index (χ1n) is 10.3. The van der Waals surface area contributed by atoms with E-state index in [1.54, 1.807) is 12.0 Å². The van der Waals surface area contributed by atoms with Crippen LogP contribution in [-0.2, 0) is 4.79 Å².